The third-order valence-corrected chi connectivity index (χ3v) is 12.0. The first-order chi connectivity index (χ1) is 24.2. The molecule has 1 aliphatic heterocycles. The molecule has 1 saturated heterocycles. The Morgan fingerprint density at radius 3 is 2.53 bits per heavy atom. The van der Waals surface area contributed by atoms with Crippen LogP contribution in [0.3, 0.4) is 0 Å². The number of halogens is 2. The van der Waals surface area contributed by atoms with E-state index in [4.69, 9.17) is 21.1 Å². The number of carbonyl (C=O) groups excluding carboxylic acids is 2. The molecule has 2 amide bonds. The maximum absolute atomic E-state index is 15.1. The number of likely N-dealkylation sites (tertiary alicyclic amines) is 1. The number of rotatable bonds is 13. The Labute approximate surface area is 307 Å². The van der Waals surface area contributed by atoms with Crippen molar-refractivity contribution in [3.05, 3.63) is 53.3 Å². The number of fused-ring (bicyclic) bond motifs is 1. The molecule has 0 bridgehead atoms. The molecule has 51 heavy (non-hydrogen) atoms. The van der Waals surface area contributed by atoms with Crippen molar-refractivity contribution in [3.8, 4) is 11.7 Å². The second-order valence-corrected chi connectivity index (χ2v) is 17.4. The lowest BCUT2D eigenvalue weighted by molar-refractivity contribution is 0.0130. The second-order valence-electron chi connectivity index (χ2n) is 16.2. The number of ether oxygens (including phenoxy) is 2. The summed E-state index contributed by atoms with van der Waals surface area (Å²) in [5.41, 5.74) is 0.551. The van der Waals surface area contributed by atoms with E-state index in [1.54, 1.807) is 52.2 Å². The van der Waals surface area contributed by atoms with Gasteiger partial charge in [0.1, 0.15) is 27.8 Å². The van der Waals surface area contributed by atoms with Crippen molar-refractivity contribution in [2.24, 2.45) is 22.7 Å². The number of pyridine rings is 2. The van der Waals surface area contributed by atoms with Gasteiger partial charge in [0, 0.05) is 42.8 Å². The smallest absolute Gasteiger partial charge is 0.410 e. The normalized spacial score (nSPS) is 21.4. The van der Waals surface area contributed by atoms with Crippen LogP contribution in [0.25, 0.3) is 5.82 Å². The number of nitrogens with zero attached hydrogens (tertiary/aromatic N) is 5. The van der Waals surface area contributed by atoms with Crippen LogP contribution in [0.2, 0.25) is 5.15 Å². The van der Waals surface area contributed by atoms with Crippen molar-refractivity contribution in [1.82, 2.24) is 29.4 Å². The van der Waals surface area contributed by atoms with Crippen LogP contribution in [0.5, 0.6) is 5.88 Å². The van der Waals surface area contributed by atoms with Crippen LogP contribution in [0.1, 0.15) is 89.9 Å². The van der Waals surface area contributed by atoms with E-state index in [-0.39, 0.29) is 29.3 Å². The summed E-state index contributed by atoms with van der Waals surface area (Å²) in [5.74, 6) is 1.91. The molecule has 2 spiro atoms. The van der Waals surface area contributed by atoms with Crippen molar-refractivity contribution in [1.29, 1.82) is 0 Å². The molecule has 4 aliphatic rings. The van der Waals surface area contributed by atoms with Crippen molar-refractivity contribution >= 4 is 41.4 Å². The Balaban J connectivity index is 0.852. The fourth-order valence-electron chi connectivity index (χ4n) is 8.44. The zero-order chi connectivity index (χ0) is 36.2. The largest absolute Gasteiger partial charge is 0.477 e. The maximum Gasteiger partial charge on any atom is 0.410 e. The molecule has 2 atom stereocenters. The van der Waals surface area contributed by atoms with Crippen LogP contribution in [0.15, 0.2) is 47.6 Å². The number of carbonyl (C=O) groups is 2. The predicted octanol–water partition coefficient (Wildman–Crippen LogP) is 7.89. The highest BCUT2D eigenvalue weighted by Gasteiger charge is 2.85. The molecule has 0 radical (unpaired) electrons. The van der Waals surface area contributed by atoms with Gasteiger partial charge in [-0.2, -0.15) is 0 Å². The van der Waals surface area contributed by atoms with Gasteiger partial charge in [-0.05, 0) is 126 Å². The van der Waals surface area contributed by atoms with Gasteiger partial charge in [-0.15, -0.1) is 5.10 Å². The van der Waals surface area contributed by atoms with E-state index in [0.29, 0.717) is 59.4 Å². The second kappa shape index (κ2) is 13.4. The first-order valence-corrected chi connectivity index (χ1v) is 19.1. The van der Waals surface area contributed by atoms with Crippen LogP contribution in [-0.2, 0) is 4.74 Å². The lowest BCUT2D eigenvalue weighted by Gasteiger charge is -2.33. The topological polar surface area (TPSA) is 124 Å². The average Bonchev–Trinajstić information content (AvgIpc) is 4.02. The summed E-state index contributed by atoms with van der Waals surface area (Å²) in [7, 11) is 0. The number of nitrogens with one attached hydrogen (secondary N) is 2. The van der Waals surface area contributed by atoms with Gasteiger partial charge in [-0.25, -0.2) is 23.8 Å². The van der Waals surface area contributed by atoms with Crippen molar-refractivity contribution in [2.75, 3.05) is 25.0 Å². The average molecular weight is 740 g/mol. The minimum atomic E-state index is -1.14. The lowest BCUT2D eigenvalue weighted by Crippen LogP contribution is -2.45. The molecule has 7 rings (SSSR count). The van der Waals surface area contributed by atoms with Gasteiger partial charge in [0.25, 0.3) is 5.91 Å². The van der Waals surface area contributed by atoms with Gasteiger partial charge in [0.15, 0.2) is 5.82 Å². The molecule has 4 heterocycles. The summed E-state index contributed by atoms with van der Waals surface area (Å²) in [4.78, 5) is 36.3. The van der Waals surface area contributed by atoms with Crippen molar-refractivity contribution in [3.63, 3.8) is 0 Å². The number of aromatic nitrogens is 4. The summed E-state index contributed by atoms with van der Waals surface area (Å²) < 4.78 is 31.0. The van der Waals surface area contributed by atoms with E-state index in [2.05, 4.69) is 25.1 Å². The third kappa shape index (κ3) is 7.65. The zero-order valence-electron chi connectivity index (χ0n) is 29.9. The van der Waals surface area contributed by atoms with E-state index in [1.807, 2.05) is 34.6 Å². The van der Waals surface area contributed by atoms with Crippen LogP contribution >= 0.6 is 23.5 Å². The minimum absolute atomic E-state index is 0.0159. The van der Waals surface area contributed by atoms with E-state index in [0.717, 1.165) is 24.3 Å². The SMILES string of the molecule is CC(C)(C)OC(=O)N1CC(CC(F)CNc2cccc(SNC(=O)c3ccc(-n4ccc(OCCC5C6(CC6)C56CC6)n4)nc3Cl)n2)CC1(C)C. The molecule has 14 heteroatoms. The first kappa shape index (κ1) is 35.8. The Kier molecular flexibility index (Phi) is 9.43. The number of hydrogen-bond acceptors (Lipinski definition) is 9. The lowest BCUT2D eigenvalue weighted by atomic mass is 9.93. The molecule has 4 fully saturated rings. The summed E-state index contributed by atoms with van der Waals surface area (Å²) in [6, 6.07) is 10.4. The molecule has 3 aliphatic carbocycles. The maximum atomic E-state index is 15.1. The zero-order valence-corrected chi connectivity index (χ0v) is 31.5. The third-order valence-electron chi connectivity index (χ3n) is 11.0. The minimum Gasteiger partial charge on any atom is -0.477 e. The number of amides is 2. The van der Waals surface area contributed by atoms with Gasteiger partial charge < -0.3 is 19.7 Å². The highest BCUT2D eigenvalue weighted by atomic mass is 35.5. The van der Waals surface area contributed by atoms with Gasteiger partial charge >= 0.3 is 6.09 Å². The Hall–Kier alpha value is -3.58. The number of alkyl halides is 1. The first-order valence-electron chi connectivity index (χ1n) is 17.9. The fourth-order valence-corrected chi connectivity index (χ4v) is 9.27. The number of anilines is 1. The van der Waals surface area contributed by atoms with Crippen LogP contribution in [0.4, 0.5) is 15.0 Å². The number of hydrogen-bond donors (Lipinski definition) is 2. The summed E-state index contributed by atoms with van der Waals surface area (Å²) in [5, 5.41) is 8.11. The molecule has 0 aromatic carbocycles. The molecular weight excluding hydrogens is 693 g/mol. The summed E-state index contributed by atoms with van der Waals surface area (Å²) in [6.45, 7) is 10.7. The van der Waals surface area contributed by atoms with E-state index < -0.39 is 23.2 Å². The predicted molar refractivity (Wildman–Crippen MR) is 194 cm³/mol. The standard InChI is InChI=1S/C37H47ClFN7O4S/c1-34(2,3)50-33(48)45-22-23(20-35(45,4)5)19-24(39)21-40-27-7-6-8-30(41-27)51-44-32(47)25-9-10-28(42-31(25)38)46-17-11-29(43-46)49-18-12-26-36(13-14-36)37(26)15-16-37/h6-11,17,23-24,26H,12-16,18-22H2,1-5H3,(H,40,41)(H,44,47). The fraction of sp³-hybridized carbons (Fsp3) is 0.595. The Morgan fingerprint density at radius 1 is 1.10 bits per heavy atom. The highest BCUT2D eigenvalue weighted by Crippen LogP contribution is 2.93. The van der Waals surface area contributed by atoms with E-state index in [9.17, 15) is 9.59 Å². The van der Waals surface area contributed by atoms with Crippen LogP contribution in [0, 0.1) is 22.7 Å². The highest BCUT2D eigenvalue weighted by molar-refractivity contribution is 7.97. The Morgan fingerprint density at radius 2 is 1.84 bits per heavy atom. The van der Waals surface area contributed by atoms with E-state index >= 15 is 4.39 Å². The molecular formula is C37H47ClFN7O4S. The molecule has 11 nitrogen and oxygen atoms in total. The molecule has 2 unspecified atom stereocenters. The van der Waals surface area contributed by atoms with Crippen molar-refractivity contribution in [2.45, 2.75) is 102 Å². The molecule has 274 valence electrons. The van der Waals surface area contributed by atoms with Crippen molar-refractivity contribution < 1.29 is 23.5 Å². The molecule has 3 saturated carbocycles. The van der Waals surface area contributed by atoms with Gasteiger partial charge in [-0.3, -0.25) is 9.52 Å². The van der Waals surface area contributed by atoms with Crippen LogP contribution in [-0.4, -0.2) is 73.7 Å². The van der Waals surface area contributed by atoms with Crippen LogP contribution < -0.4 is 14.8 Å². The Bertz CT molecular complexity index is 1770. The van der Waals surface area contributed by atoms with Gasteiger partial charge in [0.05, 0.1) is 12.2 Å². The summed E-state index contributed by atoms with van der Waals surface area (Å²) >= 11 is 7.46. The molecule has 2 N–H and O–H groups in total. The summed E-state index contributed by atoms with van der Waals surface area (Å²) in [6.07, 6.45) is 7.94. The van der Waals surface area contributed by atoms with Gasteiger partial charge in [-0.1, -0.05) is 17.7 Å². The quantitative estimate of drug-likeness (QED) is 0.133. The molecule has 3 aromatic heterocycles. The van der Waals surface area contributed by atoms with Gasteiger partial charge in [0.2, 0.25) is 5.88 Å². The monoisotopic (exact) mass is 739 g/mol. The van der Waals surface area contributed by atoms with E-state index in [1.165, 1.54) is 25.7 Å². The molecule has 3 aromatic rings.